The summed E-state index contributed by atoms with van der Waals surface area (Å²) in [6.45, 7) is 16.1. The van der Waals surface area contributed by atoms with Crippen molar-refractivity contribution in [1.82, 2.24) is 14.5 Å². The maximum Gasteiger partial charge on any atom is 0.275 e. The second kappa shape index (κ2) is 13.6. The van der Waals surface area contributed by atoms with E-state index in [2.05, 4.69) is 30.0 Å². The van der Waals surface area contributed by atoms with Gasteiger partial charge in [0.25, 0.3) is 5.56 Å². The number of rotatable bonds is 9. The second-order valence-corrected chi connectivity index (χ2v) is 10.7. The zero-order chi connectivity index (χ0) is 26.9. The number of aromatic nitrogens is 2. The van der Waals surface area contributed by atoms with Gasteiger partial charge in [-0.1, -0.05) is 24.8 Å². The molecular weight excluding hydrogens is 506 g/mol. The number of fused-ring (bicyclic) bond motifs is 1. The molecule has 6 nitrogen and oxygen atoms in total. The van der Waals surface area contributed by atoms with E-state index in [-0.39, 0.29) is 10.9 Å². The summed E-state index contributed by atoms with van der Waals surface area (Å²) < 4.78 is 13.8. The molecule has 1 aromatic carbocycles. The highest BCUT2D eigenvalue weighted by atomic mass is 35.5. The van der Waals surface area contributed by atoms with Crippen LogP contribution in [0, 0.1) is 0 Å². The van der Waals surface area contributed by atoms with E-state index in [1.54, 1.807) is 30.2 Å². The van der Waals surface area contributed by atoms with Gasteiger partial charge in [0.2, 0.25) is 0 Å². The Labute approximate surface area is 228 Å². The number of halogens is 1. The zero-order valence-electron chi connectivity index (χ0n) is 22.1. The van der Waals surface area contributed by atoms with Gasteiger partial charge in [-0.15, -0.1) is 29.5 Å². The molecule has 0 bridgehead atoms. The van der Waals surface area contributed by atoms with Crippen LogP contribution in [0.5, 0.6) is 11.5 Å². The maximum absolute atomic E-state index is 13.2. The van der Waals surface area contributed by atoms with E-state index >= 15 is 0 Å². The predicted octanol–water partition coefficient (Wildman–Crippen LogP) is 6.71. The number of alkyl halides is 1. The SMILES string of the molecule is C=C/C=C(\C)c1cc2ncn(-c3ccc(OCC(C)N4CCCC4)c(OC)c3)c(=O)c2s1.C=CC(C)Cl. The van der Waals surface area contributed by atoms with Crippen LogP contribution in [0.2, 0.25) is 0 Å². The molecule has 0 spiro atoms. The first-order valence-corrected chi connectivity index (χ1v) is 13.7. The van der Waals surface area contributed by atoms with Gasteiger partial charge in [0.05, 0.1) is 18.3 Å². The van der Waals surface area contributed by atoms with Crippen LogP contribution < -0.4 is 15.0 Å². The highest BCUT2D eigenvalue weighted by molar-refractivity contribution is 7.19. The summed E-state index contributed by atoms with van der Waals surface area (Å²) in [7, 11) is 1.61. The van der Waals surface area contributed by atoms with E-state index in [9.17, 15) is 4.79 Å². The van der Waals surface area contributed by atoms with Crippen molar-refractivity contribution in [2.75, 3.05) is 26.8 Å². The molecule has 3 aromatic rings. The third kappa shape index (κ3) is 7.34. The highest BCUT2D eigenvalue weighted by Gasteiger charge is 2.19. The first-order chi connectivity index (χ1) is 17.8. The fourth-order valence-electron chi connectivity index (χ4n) is 3.97. The third-order valence-electron chi connectivity index (χ3n) is 6.19. The van der Waals surface area contributed by atoms with Crippen molar-refractivity contribution in [2.45, 2.75) is 45.0 Å². The van der Waals surface area contributed by atoms with E-state index < -0.39 is 0 Å². The molecule has 0 saturated carbocycles. The van der Waals surface area contributed by atoms with Crippen molar-refractivity contribution in [2.24, 2.45) is 0 Å². The standard InChI is InChI=1S/C25H29N3O3S.C4H7Cl/c1-5-8-17(2)23-14-20-24(32-23)25(29)28(16-26-20)19-9-10-21(22(13-19)30-4)31-15-18(3)27-11-6-7-12-27;1-3-4(2)5/h5,8-10,13-14,16,18H,1,6-7,11-12,15H2,2-4H3;3-4H,1H2,2H3/b17-8+;. The first kappa shape index (κ1) is 28.7. The van der Waals surface area contributed by atoms with Crippen LogP contribution in [0.25, 0.3) is 21.5 Å². The van der Waals surface area contributed by atoms with Crippen LogP contribution in [0.3, 0.4) is 0 Å². The summed E-state index contributed by atoms with van der Waals surface area (Å²) in [4.78, 5) is 21.1. The molecule has 2 aromatic heterocycles. The molecule has 1 aliphatic heterocycles. The van der Waals surface area contributed by atoms with Gasteiger partial charge in [0, 0.05) is 22.4 Å². The molecule has 8 heteroatoms. The lowest BCUT2D eigenvalue weighted by atomic mass is 10.2. The van der Waals surface area contributed by atoms with Crippen LogP contribution in [0.4, 0.5) is 0 Å². The van der Waals surface area contributed by atoms with Gasteiger partial charge in [-0.3, -0.25) is 14.3 Å². The number of likely N-dealkylation sites (tertiary alicyclic amines) is 1. The van der Waals surface area contributed by atoms with Crippen LogP contribution in [0.15, 0.2) is 66.8 Å². The van der Waals surface area contributed by atoms with E-state index in [1.807, 2.05) is 44.2 Å². The average molecular weight is 542 g/mol. The molecule has 0 N–H and O–H groups in total. The monoisotopic (exact) mass is 541 g/mol. The molecule has 37 heavy (non-hydrogen) atoms. The Morgan fingerprint density at radius 3 is 2.54 bits per heavy atom. The van der Waals surface area contributed by atoms with Gasteiger partial charge < -0.3 is 9.47 Å². The molecule has 1 saturated heterocycles. The van der Waals surface area contributed by atoms with Gasteiger partial charge in [0.1, 0.15) is 17.6 Å². The highest BCUT2D eigenvalue weighted by Crippen LogP contribution is 2.31. The van der Waals surface area contributed by atoms with Gasteiger partial charge in [-0.25, -0.2) is 4.98 Å². The predicted molar refractivity (Wildman–Crippen MR) is 157 cm³/mol. The summed E-state index contributed by atoms with van der Waals surface area (Å²) >= 11 is 6.79. The van der Waals surface area contributed by atoms with Crippen molar-refractivity contribution in [3.63, 3.8) is 0 Å². The van der Waals surface area contributed by atoms with E-state index in [1.165, 1.54) is 24.2 Å². The topological polar surface area (TPSA) is 56.6 Å². The lowest BCUT2D eigenvalue weighted by Gasteiger charge is -2.24. The van der Waals surface area contributed by atoms with E-state index in [0.717, 1.165) is 23.5 Å². The lowest BCUT2D eigenvalue weighted by Crippen LogP contribution is -2.34. The summed E-state index contributed by atoms with van der Waals surface area (Å²) in [5.41, 5.74) is 2.34. The second-order valence-electron chi connectivity index (χ2n) is 8.98. The Morgan fingerprint density at radius 1 is 1.22 bits per heavy atom. The van der Waals surface area contributed by atoms with Crippen LogP contribution >= 0.6 is 22.9 Å². The van der Waals surface area contributed by atoms with Gasteiger partial charge in [-0.05, 0) is 70.5 Å². The lowest BCUT2D eigenvalue weighted by molar-refractivity contribution is 0.169. The first-order valence-electron chi connectivity index (χ1n) is 12.4. The number of hydrogen-bond acceptors (Lipinski definition) is 6. The smallest absolute Gasteiger partial charge is 0.275 e. The molecule has 4 rings (SSSR count). The molecule has 0 amide bonds. The largest absolute Gasteiger partial charge is 0.493 e. The Morgan fingerprint density at radius 2 is 1.92 bits per heavy atom. The van der Waals surface area contributed by atoms with Gasteiger partial charge >= 0.3 is 0 Å². The normalized spacial score (nSPS) is 15.5. The Kier molecular flexibility index (Phi) is 10.6. The molecule has 3 heterocycles. The summed E-state index contributed by atoms with van der Waals surface area (Å²) in [6.07, 6.45) is 9.43. The van der Waals surface area contributed by atoms with E-state index in [4.69, 9.17) is 21.1 Å². The van der Waals surface area contributed by atoms with Crippen molar-refractivity contribution in [3.05, 3.63) is 77.2 Å². The number of nitrogens with zero attached hydrogens (tertiary/aromatic N) is 3. The molecule has 198 valence electrons. The Bertz CT molecular complexity index is 1310. The maximum atomic E-state index is 13.2. The molecule has 1 fully saturated rings. The minimum Gasteiger partial charge on any atom is -0.493 e. The Hall–Kier alpha value is -2.87. The van der Waals surface area contributed by atoms with Gasteiger partial charge in [0.15, 0.2) is 11.5 Å². The Balaban J connectivity index is 0.000000695. The molecule has 0 radical (unpaired) electrons. The molecule has 1 aliphatic rings. The van der Waals surface area contributed by atoms with Crippen LogP contribution in [-0.4, -0.2) is 52.7 Å². The summed E-state index contributed by atoms with van der Waals surface area (Å²) in [5, 5.41) is 0.120. The third-order valence-corrected chi connectivity index (χ3v) is 7.61. The minimum atomic E-state index is -0.101. The number of methoxy groups -OCH3 is 1. The van der Waals surface area contributed by atoms with Crippen molar-refractivity contribution < 1.29 is 9.47 Å². The summed E-state index contributed by atoms with van der Waals surface area (Å²) in [6, 6.07) is 7.84. The van der Waals surface area contributed by atoms with Gasteiger partial charge in [-0.2, -0.15) is 0 Å². The fourth-order valence-corrected chi connectivity index (χ4v) is 4.99. The van der Waals surface area contributed by atoms with Crippen LogP contribution in [-0.2, 0) is 0 Å². The molecule has 0 aliphatic carbocycles. The molecule has 2 unspecified atom stereocenters. The summed E-state index contributed by atoms with van der Waals surface area (Å²) in [5.74, 6) is 1.27. The van der Waals surface area contributed by atoms with E-state index in [0.29, 0.717) is 40.1 Å². The zero-order valence-corrected chi connectivity index (χ0v) is 23.6. The molecule has 2 atom stereocenters. The number of allylic oxidation sites excluding steroid dienone is 4. The average Bonchev–Trinajstić information content (AvgIpc) is 3.59. The fraction of sp³-hybridized carbons (Fsp3) is 0.379. The minimum absolute atomic E-state index is 0.101. The number of benzene rings is 1. The number of thiophene rings is 1. The molecular formula is C29H36ClN3O3S. The van der Waals surface area contributed by atoms with Crippen LogP contribution in [0.1, 0.15) is 38.5 Å². The van der Waals surface area contributed by atoms with Crippen molar-refractivity contribution in [3.8, 4) is 17.2 Å². The quantitative estimate of drug-likeness (QED) is 0.171. The van der Waals surface area contributed by atoms with Crippen molar-refractivity contribution >= 4 is 38.7 Å². The number of ether oxygens (including phenoxy) is 2. The number of hydrogen-bond donors (Lipinski definition) is 0. The van der Waals surface area contributed by atoms with Crippen molar-refractivity contribution in [1.29, 1.82) is 0 Å².